The topological polar surface area (TPSA) is 39.3 Å². The first-order chi connectivity index (χ1) is 19.2. The van der Waals surface area contributed by atoms with Gasteiger partial charge in [-0.3, -0.25) is 9.69 Å². The molecule has 0 saturated carbocycles. The summed E-state index contributed by atoms with van der Waals surface area (Å²) >= 11 is 0. The van der Waals surface area contributed by atoms with Crippen molar-refractivity contribution < 1.29 is 4.79 Å². The summed E-state index contributed by atoms with van der Waals surface area (Å²) in [5.41, 5.74) is 6.59. The zero-order chi connectivity index (χ0) is 26.6. The number of hydrogen-bond donors (Lipinski definition) is 1. The lowest BCUT2D eigenvalue weighted by Crippen LogP contribution is -2.49. The zero-order valence-electron chi connectivity index (χ0n) is 22.5. The third-order valence-corrected chi connectivity index (χ3v) is 7.94. The first-order valence-electron chi connectivity index (χ1n) is 13.9. The van der Waals surface area contributed by atoms with Gasteiger partial charge in [-0.25, -0.2) is 0 Å². The number of aryl methyl sites for hydroxylation is 1. The molecule has 39 heavy (non-hydrogen) atoms. The van der Waals surface area contributed by atoms with Crippen LogP contribution in [-0.2, 0) is 11.3 Å². The van der Waals surface area contributed by atoms with E-state index in [4.69, 9.17) is 0 Å². The average Bonchev–Trinajstić information content (AvgIpc) is 3.35. The molecular weight excluding hydrogens is 478 g/mol. The molecule has 0 atom stereocenters. The molecule has 1 saturated heterocycles. The molecule has 1 aliphatic heterocycles. The Morgan fingerprint density at radius 3 is 2.03 bits per heavy atom. The number of carbonyl (C=O) groups is 1. The van der Waals surface area contributed by atoms with Gasteiger partial charge in [0.2, 0.25) is 5.91 Å². The van der Waals surface area contributed by atoms with E-state index in [1.165, 1.54) is 5.56 Å². The van der Waals surface area contributed by atoms with Crippen LogP contribution in [0.25, 0.3) is 10.9 Å². The van der Waals surface area contributed by atoms with Crippen molar-refractivity contribution >= 4 is 22.5 Å². The number of aromatic amines is 1. The molecule has 1 aromatic heterocycles. The highest BCUT2D eigenvalue weighted by atomic mass is 16.2. The van der Waals surface area contributed by atoms with Crippen LogP contribution in [0.3, 0.4) is 0 Å². The fourth-order valence-corrected chi connectivity index (χ4v) is 6.02. The van der Waals surface area contributed by atoms with Crippen LogP contribution in [0.2, 0.25) is 0 Å². The van der Waals surface area contributed by atoms with Crippen molar-refractivity contribution in [1.82, 2.24) is 9.88 Å². The Bertz CT molecular complexity index is 1480. The SMILES string of the molecule is Cc1cc2cc(N(C(=O)C(c3ccccc3)c3ccccc3)C3CCN(Cc4ccccc4)CC3)ccc2[nH]1. The van der Waals surface area contributed by atoms with Crippen molar-refractivity contribution in [3.63, 3.8) is 0 Å². The maximum absolute atomic E-state index is 14.8. The van der Waals surface area contributed by atoms with E-state index in [2.05, 4.69) is 101 Å². The van der Waals surface area contributed by atoms with Crippen LogP contribution in [0.4, 0.5) is 5.69 Å². The summed E-state index contributed by atoms with van der Waals surface area (Å²) in [6.45, 7) is 4.96. The predicted octanol–water partition coefficient (Wildman–Crippen LogP) is 7.31. The van der Waals surface area contributed by atoms with E-state index >= 15 is 0 Å². The molecule has 2 heterocycles. The molecule has 0 bridgehead atoms. The molecule has 1 N–H and O–H groups in total. The second kappa shape index (κ2) is 11.3. The van der Waals surface area contributed by atoms with Gasteiger partial charge in [0.1, 0.15) is 0 Å². The first kappa shape index (κ1) is 25.1. The van der Waals surface area contributed by atoms with Crippen molar-refractivity contribution in [2.24, 2.45) is 0 Å². The number of rotatable bonds is 7. The summed E-state index contributed by atoms with van der Waals surface area (Å²) in [7, 11) is 0. The van der Waals surface area contributed by atoms with Gasteiger partial charge in [0.25, 0.3) is 0 Å². The van der Waals surface area contributed by atoms with Crippen molar-refractivity contribution in [3.05, 3.63) is 138 Å². The highest BCUT2D eigenvalue weighted by Gasteiger charge is 2.35. The first-order valence-corrected chi connectivity index (χ1v) is 13.9. The number of benzene rings is 4. The molecule has 1 fully saturated rings. The van der Waals surface area contributed by atoms with Crippen LogP contribution < -0.4 is 4.90 Å². The monoisotopic (exact) mass is 513 g/mol. The molecule has 6 rings (SSSR count). The number of carbonyl (C=O) groups excluding carboxylic acids is 1. The number of anilines is 1. The van der Waals surface area contributed by atoms with Crippen molar-refractivity contribution in [2.45, 2.75) is 38.3 Å². The van der Waals surface area contributed by atoms with Gasteiger partial charge in [-0.2, -0.15) is 0 Å². The predicted molar refractivity (Wildman–Crippen MR) is 160 cm³/mol. The van der Waals surface area contributed by atoms with Crippen LogP contribution in [0.1, 0.15) is 41.1 Å². The number of likely N-dealkylation sites (tertiary alicyclic amines) is 1. The second-order valence-corrected chi connectivity index (χ2v) is 10.7. The van der Waals surface area contributed by atoms with Gasteiger partial charge < -0.3 is 9.88 Å². The number of nitrogens with one attached hydrogen (secondary N) is 1. The fraction of sp³-hybridized carbons (Fsp3) is 0.229. The molecule has 5 aromatic rings. The molecule has 0 aliphatic carbocycles. The van der Waals surface area contributed by atoms with Gasteiger partial charge in [0.05, 0.1) is 5.92 Å². The zero-order valence-corrected chi connectivity index (χ0v) is 22.5. The minimum atomic E-state index is -0.363. The van der Waals surface area contributed by atoms with Gasteiger partial charge in [0, 0.05) is 48.0 Å². The van der Waals surface area contributed by atoms with Crippen LogP contribution in [0.5, 0.6) is 0 Å². The van der Waals surface area contributed by atoms with Gasteiger partial charge in [-0.15, -0.1) is 0 Å². The smallest absolute Gasteiger partial charge is 0.239 e. The number of fused-ring (bicyclic) bond motifs is 1. The Hall–Kier alpha value is -4.15. The Morgan fingerprint density at radius 1 is 0.821 bits per heavy atom. The highest BCUT2D eigenvalue weighted by Crippen LogP contribution is 2.34. The minimum Gasteiger partial charge on any atom is -0.359 e. The summed E-state index contributed by atoms with van der Waals surface area (Å²) in [5.74, 6) is -0.223. The van der Waals surface area contributed by atoms with E-state index in [0.29, 0.717) is 0 Å². The largest absolute Gasteiger partial charge is 0.359 e. The van der Waals surface area contributed by atoms with E-state index in [9.17, 15) is 4.79 Å². The third kappa shape index (κ3) is 5.52. The van der Waals surface area contributed by atoms with Crippen LogP contribution in [0, 0.1) is 6.92 Å². The Morgan fingerprint density at radius 2 is 1.41 bits per heavy atom. The Labute approximate surface area is 230 Å². The number of nitrogens with zero attached hydrogens (tertiary/aromatic N) is 2. The van der Waals surface area contributed by atoms with Gasteiger partial charge >= 0.3 is 0 Å². The van der Waals surface area contributed by atoms with Crippen molar-refractivity contribution in [3.8, 4) is 0 Å². The van der Waals surface area contributed by atoms with Gasteiger partial charge in [0.15, 0.2) is 0 Å². The molecule has 0 radical (unpaired) electrons. The minimum absolute atomic E-state index is 0.136. The number of amides is 1. The van der Waals surface area contributed by atoms with Crippen molar-refractivity contribution in [2.75, 3.05) is 18.0 Å². The molecule has 4 heteroatoms. The molecule has 0 spiro atoms. The van der Waals surface area contributed by atoms with Gasteiger partial charge in [-0.1, -0.05) is 91.0 Å². The summed E-state index contributed by atoms with van der Waals surface area (Å²) in [5, 5.41) is 1.14. The van der Waals surface area contributed by atoms with E-state index in [1.54, 1.807) is 0 Å². The number of aromatic nitrogens is 1. The molecule has 1 amide bonds. The summed E-state index contributed by atoms with van der Waals surface area (Å²) < 4.78 is 0. The summed E-state index contributed by atoms with van der Waals surface area (Å²) in [6.07, 6.45) is 1.89. The Balaban J connectivity index is 1.35. The molecule has 196 valence electrons. The van der Waals surface area contributed by atoms with E-state index in [-0.39, 0.29) is 17.9 Å². The number of H-pyrrole nitrogens is 1. The van der Waals surface area contributed by atoms with Crippen LogP contribution in [-0.4, -0.2) is 34.9 Å². The van der Waals surface area contributed by atoms with Gasteiger partial charge in [-0.05, 0) is 60.7 Å². The lowest BCUT2D eigenvalue weighted by atomic mass is 9.88. The number of piperidine rings is 1. The normalized spacial score (nSPS) is 14.6. The lowest BCUT2D eigenvalue weighted by molar-refractivity contribution is -0.119. The molecule has 1 aliphatic rings. The lowest BCUT2D eigenvalue weighted by Gasteiger charge is -2.40. The van der Waals surface area contributed by atoms with E-state index in [0.717, 1.165) is 65.9 Å². The quantitative estimate of drug-likeness (QED) is 0.248. The van der Waals surface area contributed by atoms with Crippen molar-refractivity contribution in [1.29, 1.82) is 0 Å². The summed E-state index contributed by atoms with van der Waals surface area (Å²) in [4.78, 5) is 22.8. The molecule has 0 unspecified atom stereocenters. The van der Waals surface area contributed by atoms with E-state index in [1.807, 2.05) is 36.4 Å². The average molecular weight is 514 g/mol. The van der Waals surface area contributed by atoms with Crippen LogP contribution >= 0.6 is 0 Å². The molecular formula is C35H35N3O. The van der Waals surface area contributed by atoms with Crippen LogP contribution in [0.15, 0.2) is 115 Å². The van der Waals surface area contributed by atoms with E-state index < -0.39 is 0 Å². The molecule has 4 aromatic carbocycles. The maximum atomic E-state index is 14.8. The summed E-state index contributed by atoms with van der Waals surface area (Å²) in [6, 6.07) is 39.8. The third-order valence-electron chi connectivity index (χ3n) is 7.94. The number of hydrogen-bond acceptors (Lipinski definition) is 2. The maximum Gasteiger partial charge on any atom is 0.239 e. The fourth-order valence-electron chi connectivity index (χ4n) is 6.02. The standard InChI is InChI=1S/C35H35N3O/c1-26-23-30-24-32(17-18-33(30)36-26)38(31-19-21-37(22-20-31)25-27-11-5-2-6-12-27)35(39)34(28-13-7-3-8-14-28)29-15-9-4-10-16-29/h2-18,23-24,31,34,36H,19-22,25H2,1H3. The molecule has 4 nitrogen and oxygen atoms in total. The Kier molecular flexibility index (Phi) is 7.29. The highest BCUT2D eigenvalue weighted by molar-refractivity contribution is 6.02. The second-order valence-electron chi connectivity index (χ2n) is 10.7.